The molecule has 2 amide bonds. The monoisotopic (exact) mass is 500 g/mol. The lowest BCUT2D eigenvalue weighted by Crippen LogP contribution is -2.52. The number of nitrogens with zero attached hydrogens (tertiary/aromatic N) is 2. The molecule has 0 unspecified atom stereocenters. The molecular weight excluding hydrogens is 464 g/mol. The van der Waals surface area contributed by atoms with Gasteiger partial charge in [0.2, 0.25) is 11.7 Å². The molecule has 2 aromatic rings. The summed E-state index contributed by atoms with van der Waals surface area (Å²) in [6, 6.07) is 11.9. The molecule has 196 valence electrons. The molecule has 36 heavy (non-hydrogen) atoms. The predicted molar refractivity (Wildman–Crippen MR) is 136 cm³/mol. The minimum absolute atomic E-state index is 0.198. The molecule has 2 aromatic carbocycles. The maximum Gasteiger partial charge on any atom is 0.411 e. The fourth-order valence-electron chi connectivity index (χ4n) is 3.73. The molecule has 0 saturated heterocycles. The molecule has 9 nitrogen and oxygen atoms in total. The van der Waals surface area contributed by atoms with E-state index in [1.54, 1.807) is 40.0 Å². The maximum absolute atomic E-state index is 13.7. The van der Waals surface area contributed by atoms with E-state index in [9.17, 15) is 14.4 Å². The first kappa shape index (κ1) is 28.5. The third-order valence-electron chi connectivity index (χ3n) is 5.35. The van der Waals surface area contributed by atoms with Gasteiger partial charge in [-0.1, -0.05) is 30.3 Å². The molecule has 0 bridgehead atoms. The first-order chi connectivity index (χ1) is 17.0. The summed E-state index contributed by atoms with van der Waals surface area (Å²) in [6.45, 7) is 5.11. The lowest BCUT2D eigenvalue weighted by atomic mass is 10.0. The number of aldehydes is 1. The fraction of sp³-hybridized carbons (Fsp3) is 0.444. The van der Waals surface area contributed by atoms with Crippen molar-refractivity contribution in [1.29, 1.82) is 0 Å². The second-order valence-corrected chi connectivity index (χ2v) is 9.23. The molecule has 9 heteroatoms. The molecular formula is C27H36N2O7. The second kappa shape index (κ2) is 12.8. The van der Waals surface area contributed by atoms with Crippen LogP contribution in [0.4, 0.5) is 4.79 Å². The van der Waals surface area contributed by atoms with Crippen molar-refractivity contribution in [3.63, 3.8) is 0 Å². The number of ether oxygens (including phenoxy) is 4. The average Bonchev–Trinajstić information content (AvgIpc) is 2.84. The molecule has 0 spiro atoms. The normalized spacial score (nSPS) is 11.8. The minimum atomic E-state index is -0.959. The number of rotatable bonds is 11. The number of carbonyl (C=O) groups is 3. The van der Waals surface area contributed by atoms with Gasteiger partial charge in [0.05, 0.1) is 27.9 Å². The predicted octanol–water partition coefficient (Wildman–Crippen LogP) is 3.72. The third kappa shape index (κ3) is 7.63. The zero-order valence-corrected chi connectivity index (χ0v) is 22.1. The number of carbonyl (C=O) groups excluding carboxylic acids is 3. The van der Waals surface area contributed by atoms with Crippen LogP contribution in [-0.2, 0) is 27.3 Å². The van der Waals surface area contributed by atoms with Gasteiger partial charge >= 0.3 is 6.09 Å². The Hall–Kier alpha value is -3.75. The van der Waals surface area contributed by atoms with Gasteiger partial charge in [0, 0.05) is 20.0 Å². The van der Waals surface area contributed by atoms with E-state index in [1.165, 1.54) is 31.1 Å². The van der Waals surface area contributed by atoms with Crippen LogP contribution in [0, 0.1) is 0 Å². The highest BCUT2D eigenvalue weighted by Crippen LogP contribution is 2.38. The van der Waals surface area contributed by atoms with Crippen LogP contribution in [-0.4, -0.2) is 74.7 Å². The molecule has 0 radical (unpaired) electrons. The number of likely N-dealkylation sites (N-methyl/N-ethyl adjacent to an activating group) is 1. The van der Waals surface area contributed by atoms with Gasteiger partial charge in [-0.15, -0.1) is 0 Å². The van der Waals surface area contributed by atoms with Crippen LogP contribution < -0.4 is 14.2 Å². The largest absolute Gasteiger partial charge is 0.493 e. The molecule has 0 heterocycles. The summed E-state index contributed by atoms with van der Waals surface area (Å²) in [5.74, 6) is 1.02. The van der Waals surface area contributed by atoms with Crippen molar-refractivity contribution in [2.24, 2.45) is 0 Å². The van der Waals surface area contributed by atoms with Crippen LogP contribution in [0.15, 0.2) is 42.5 Å². The van der Waals surface area contributed by atoms with Gasteiger partial charge in [-0.25, -0.2) is 4.79 Å². The Bertz CT molecular complexity index is 1010. The highest BCUT2D eigenvalue weighted by Gasteiger charge is 2.34. The lowest BCUT2D eigenvalue weighted by molar-refractivity contribution is -0.136. The number of amides is 2. The summed E-state index contributed by atoms with van der Waals surface area (Å²) in [5.41, 5.74) is 0.787. The number of benzene rings is 2. The smallest absolute Gasteiger partial charge is 0.411 e. The number of hydrogen-bond donors (Lipinski definition) is 0. The molecule has 1 atom stereocenters. The SMILES string of the molecule is COc1cc(CN(C)C(=O)[C@H](Cc2ccccc2)N(CC=O)C(=O)OC(C)(C)C)cc(OC)c1OC. The molecule has 0 N–H and O–H groups in total. The van der Waals surface area contributed by atoms with Crippen LogP contribution in [0.5, 0.6) is 17.2 Å². The van der Waals surface area contributed by atoms with Crippen molar-refractivity contribution in [2.75, 3.05) is 34.9 Å². The van der Waals surface area contributed by atoms with Gasteiger partial charge in [0.25, 0.3) is 0 Å². The van der Waals surface area contributed by atoms with Crippen molar-refractivity contribution >= 4 is 18.3 Å². The van der Waals surface area contributed by atoms with Crippen LogP contribution in [0.3, 0.4) is 0 Å². The Morgan fingerprint density at radius 2 is 1.53 bits per heavy atom. The molecule has 2 rings (SSSR count). The summed E-state index contributed by atoms with van der Waals surface area (Å²) >= 11 is 0. The van der Waals surface area contributed by atoms with Crippen molar-refractivity contribution in [3.05, 3.63) is 53.6 Å². The van der Waals surface area contributed by atoms with Crippen LogP contribution in [0.1, 0.15) is 31.9 Å². The molecule has 0 aliphatic carbocycles. The van der Waals surface area contributed by atoms with Crippen molar-refractivity contribution in [3.8, 4) is 17.2 Å². The number of methoxy groups -OCH3 is 3. The Kier molecular flexibility index (Phi) is 10.1. The van der Waals surface area contributed by atoms with E-state index >= 15 is 0 Å². The zero-order chi connectivity index (χ0) is 26.9. The van der Waals surface area contributed by atoms with Crippen molar-refractivity contribution in [1.82, 2.24) is 9.80 Å². The quantitative estimate of drug-likeness (QED) is 0.434. The van der Waals surface area contributed by atoms with E-state index in [0.717, 1.165) is 11.1 Å². The molecule has 0 aliphatic heterocycles. The van der Waals surface area contributed by atoms with Gasteiger partial charge < -0.3 is 28.6 Å². The lowest BCUT2D eigenvalue weighted by Gasteiger charge is -2.34. The van der Waals surface area contributed by atoms with E-state index in [2.05, 4.69) is 0 Å². The summed E-state index contributed by atoms with van der Waals surface area (Å²) in [7, 11) is 6.19. The molecule has 0 aromatic heterocycles. The van der Waals surface area contributed by atoms with Crippen LogP contribution >= 0.6 is 0 Å². The molecule has 0 saturated carbocycles. The van der Waals surface area contributed by atoms with E-state index in [1.807, 2.05) is 30.3 Å². The van der Waals surface area contributed by atoms with Gasteiger partial charge in [0.1, 0.15) is 17.9 Å². The standard InChI is InChI=1S/C27H36N2O7/c1-27(2,3)36-26(32)29(13-14-30)21(15-19-11-9-8-10-12-19)25(31)28(4)18-20-16-22(33-5)24(35-7)23(17-20)34-6/h8-12,14,16-17,21H,13,15,18H2,1-7H3/t21-/m0/s1. The number of hydrogen-bond acceptors (Lipinski definition) is 7. The summed E-state index contributed by atoms with van der Waals surface area (Å²) in [4.78, 5) is 41.0. The van der Waals surface area contributed by atoms with Gasteiger partial charge in [-0.3, -0.25) is 9.69 Å². The minimum Gasteiger partial charge on any atom is -0.493 e. The van der Waals surface area contributed by atoms with Crippen molar-refractivity contribution in [2.45, 2.75) is 45.4 Å². The summed E-state index contributed by atoms with van der Waals surface area (Å²) in [5, 5.41) is 0. The van der Waals surface area contributed by atoms with Gasteiger partial charge in [-0.05, 0) is 44.0 Å². The average molecular weight is 501 g/mol. The van der Waals surface area contributed by atoms with Gasteiger partial charge in [-0.2, -0.15) is 0 Å². The Balaban J connectivity index is 2.41. The fourth-order valence-corrected chi connectivity index (χ4v) is 3.73. The topological polar surface area (TPSA) is 94.6 Å². The first-order valence-electron chi connectivity index (χ1n) is 11.6. The first-order valence-corrected chi connectivity index (χ1v) is 11.6. The summed E-state index contributed by atoms with van der Waals surface area (Å²) < 4.78 is 21.7. The highest BCUT2D eigenvalue weighted by molar-refractivity contribution is 5.87. The molecule has 0 aliphatic rings. The van der Waals surface area contributed by atoms with Gasteiger partial charge in [0.15, 0.2) is 11.5 Å². The molecule has 0 fully saturated rings. The second-order valence-electron chi connectivity index (χ2n) is 9.23. The van der Waals surface area contributed by atoms with Crippen LogP contribution in [0.2, 0.25) is 0 Å². The maximum atomic E-state index is 13.7. The van der Waals surface area contributed by atoms with Crippen LogP contribution in [0.25, 0.3) is 0 Å². The Morgan fingerprint density at radius 1 is 0.944 bits per heavy atom. The Morgan fingerprint density at radius 3 is 2.00 bits per heavy atom. The third-order valence-corrected chi connectivity index (χ3v) is 5.35. The summed E-state index contributed by atoms with van der Waals surface area (Å²) in [6.07, 6.45) is 0.0749. The van der Waals surface area contributed by atoms with Crippen molar-refractivity contribution < 1.29 is 33.3 Å². The van der Waals surface area contributed by atoms with E-state index < -0.39 is 17.7 Å². The zero-order valence-electron chi connectivity index (χ0n) is 22.1. The van der Waals surface area contributed by atoms with E-state index in [-0.39, 0.29) is 25.4 Å². The highest BCUT2D eigenvalue weighted by atomic mass is 16.6. The van der Waals surface area contributed by atoms with E-state index in [0.29, 0.717) is 23.5 Å². The Labute approximate surface area is 212 Å². The van der Waals surface area contributed by atoms with E-state index in [4.69, 9.17) is 18.9 Å².